The van der Waals surface area contributed by atoms with Crippen LogP contribution in [0.5, 0.6) is 0 Å². The highest BCUT2D eigenvalue weighted by Crippen LogP contribution is 2.57. The second-order valence-electron chi connectivity index (χ2n) is 8.91. The van der Waals surface area contributed by atoms with Crippen LogP contribution < -0.4 is 0 Å². The highest BCUT2D eigenvalue weighted by atomic mass is 32.3. The third-order valence-electron chi connectivity index (χ3n) is 5.56. The summed E-state index contributed by atoms with van der Waals surface area (Å²) in [7, 11) is -3.90. The van der Waals surface area contributed by atoms with E-state index in [-0.39, 0.29) is 30.2 Å². The number of Topliss-reactive ketones (excluding diaryl/α,β-unsaturated/α-hetero) is 1. The summed E-state index contributed by atoms with van der Waals surface area (Å²) in [6.07, 6.45) is 3.48. The molecule has 1 fully saturated rings. The number of aromatic nitrogens is 2. The predicted molar refractivity (Wildman–Crippen MR) is 123 cm³/mol. The minimum atomic E-state index is -3.90. The molecule has 3 rings (SSSR count). The number of nitrogens with zero attached hydrogens (tertiary/aromatic N) is 3. The van der Waals surface area contributed by atoms with Gasteiger partial charge >= 0.3 is 0 Å². The number of fused-ring (bicyclic) bond motifs is 1. The number of amides is 1. The molecule has 1 aromatic rings. The van der Waals surface area contributed by atoms with E-state index in [9.17, 15) is 18.0 Å². The molecule has 1 saturated heterocycles. The molecule has 1 aromatic heterocycles. The third kappa shape index (κ3) is 3.62. The first-order valence-electron chi connectivity index (χ1n) is 9.83. The van der Waals surface area contributed by atoms with Gasteiger partial charge in [-0.3, -0.25) is 14.5 Å². The Hall–Kier alpha value is -1.78. The van der Waals surface area contributed by atoms with Crippen molar-refractivity contribution in [3.8, 4) is 0 Å². The van der Waals surface area contributed by atoms with Crippen LogP contribution in [-0.4, -0.2) is 45.2 Å². The molecule has 168 valence electrons. The Morgan fingerprint density at radius 2 is 1.81 bits per heavy atom. The van der Waals surface area contributed by atoms with Crippen molar-refractivity contribution in [1.29, 1.82) is 0 Å². The molecule has 2 aliphatic heterocycles. The van der Waals surface area contributed by atoms with Gasteiger partial charge < -0.3 is 0 Å². The Kier molecular flexibility index (Phi) is 6.14. The molecule has 0 aromatic carbocycles. The van der Waals surface area contributed by atoms with Crippen molar-refractivity contribution in [3.63, 3.8) is 0 Å². The lowest BCUT2D eigenvalue weighted by Crippen LogP contribution is -2.74. The van der Waals surface area contributed by atoms with Gasteiger partial charge in [0.25, 0.3) is 0 Å². The van der Waals surface area contributed by atoms with E-state index in [0.717, 1.165) is 16.8 Å². The van der Waals surface area contributed by atoms with Crippen LogP contribution in [0, 0.1) is 17.8 Å². The molecule has 0 saturated carbocycles. The average Bonchev–Trinajstić information content (AvgIpc) is 3.08. The number of sulfone groups is 1. The standard InChI is InChI=1S/C21H27N3O4S3/c1-8-10-21(11-9-2)17(26)24-14(15(25)20(5,6)7)12(3)16(31(27,28)18(21)24)30-19-23-22-13(4)29-19/h8-9,16,18H,1-2,10-11H2,3-7H3/t16?,18-/m0/s1. The van der Waals surface area contributed by atoms with Crippen LogP contribution in [0.2, 0.25) is 0 Å². The first-order valence-corrected chi connectivity index (χ1v) is 13.1. The molecular formula is C21H27N3O4S3. The number of ketones is 1. The normalized spacial score (nSPS) is 24.4. The van der Waals surface area contributed by atoms with Crippen molar-refractivity contribution in [2.75, 3.05) is 0 Å². The first-order chi connectivity index (χ1) is 14.3. The smallest absolute Gasteiger partial charge is 0.238 e. The fraction of sp³-hybridized carbons (Fsp3) is 0.524. The first kappa shape index (κ1) is 23.9. The molecule has 2 aliphatic rings. The van der Waals surface area contributed by atoms with Gasteiger partial charge in [0.15, 0.2) is 25.3 Å². The number of thioether (sulfide) groups is 1. The third-order valence-corrected chi connectivity index (χ3v) is 10.9. The molecule has 7 nitrogen and oxygen atoms in total. The van der Waals surface area contributed by atoms with E-state index >= 15 is 0 Å². The maximum absolute atomic E-state index is 13.9. The average molecular weight is 482 g/mol. The number of carbonyl (C=O) groups is 2. The highest BCUT2D eigenvalue weighted by Gasteiger charge is 2.70. The molecule has 1 amide bonds. The number of rotatable bonds is 7. The number of hydrogen-bond donors (Lipinski definition) is 0. The zero-order valence-electron chi connectivity index (χ0n) is 18.3. The highest BCUT2D eigenvalue weighted by molar-refractivity contribution is 8.14. The van der Waals surface area contributed by atoms with Gasteiger partial charge in [-0.25, -0.2) is 8.42 Å². The lowest BCUT2D eigenvalue weighted by molar-refractivity contribution is -0.162. The van der Waals surface area contributed by atoms with Crippen LogP contribution >= 0.6 is 23.1 Å². The SMILES string of the molecule is C=CCC1(CC=C)C(=O)N2C(C(=O)C(C)(C)C)=C(C)C(Sc3nnc(C)s3)S(=O)(=O)[C@H]21. The van der Waals surface area contributed by atoms with Gasteiger partial charge in [-0.05, 0) is 32.3 Å². The zero-order valence-corrected chi connectivity index (χ0v) is 20.8. The van der Waals surface area contributed by atoms with Crippen molar-refractivity contribution in [1.82, 2.24) is 15.1 Å². The Balaban J connectivity index is 2.24. The van der Waals surface area contributed by atoms with Crippen LogP contribution in [0.25, 0.3) is 0 Å². The van der Waals surface area contributed by atoms with Gasteiger partial charge in [0, 0.05) is 5.41 Å². The molecule has 0 N–H and O–H groups in total. The van der Waals surface area contributed by atoms with E-state index in [1.54, 1.807) is 46.8 Å². The van der Waals surface area contributed by atoms with Gasteiger partial charge in [-0.15, -0.1) is 23.4 Å². The lowest BCUT2D eigenvalue weighted by Gasteiger charge is -2.58. The number of β-lactam (4-membered cyclic amide) rings is 1. The van der Waals surface area contributed by atoms with Gasteiger partial charge in [0.1, 0.15) is 9.59 Å². The van der Waals surface area contributed by atoms with Crippen molar-refractivity contribution < 1.29 is 18.0 Å². The summed E-state index contributed by atoms with van der Waals surface area (Å²) in [5.41, 5.74) is -1.46. The molecule has 0 spiro atoms. The van der Waals surface area contributed by atoms with Gasteiger partial charge in [-0.2, -0.15) is 0 Å². The van der Waals surface area contributed by atoms with Crippen molar-refractivity contribution in [2.45, 2.75) is 61.8 Å². The van der Waals surface area contributed by atoms with E-state index in [0.29, 0.717) is 9.91 Å². The minimum Gasteiger partial charge on any atom is -0.292 e. The second kappa shape index (κ2) is 7.97. The van der Waals surface area contributed by atoms with E-state index in [4.69, 9.17) is 0 Å². The maximum atomic E-state index is 13.9. The Morgan fingerprint density at radius 1 is 1.23 bits per heavy atom. The van der Waals surface area contributed by atoms with E-state index in [2.05, 4.69) is 23.4 Å². The number of aryl methyl sites for hydroxylation is 1. The largest absolute Gasteiger partial charge is 0.292 e. The summed E-state index contributed by atoms with van der Waals surface area (Å²) in [6, 6.07) is 0. The molecule has 0 bridgehead atoms. The fourth-order valence-electron chi connectivity index (χ4n) is 4.17. The molecule has 10 heteroatoms. The van der Waals surface area contributed by atoms with E-state index < -0.39 is 30.6 Å². The molecular weight excluding hydrogens is 454 g/mol. The summed E-state index contributed by atoms with van der Waals surface area (Å²) in [4.78, 5) is 28.0. The Bertz CT molecular complexity index is 1090. The van der Waals surface area contributed by atoms with Crippen LogP contribution in [0.1, 0.15) is 45.5 Å². The van der Waals surface area contributed by atoms with Crippen LogP contribution in [0.4, 0.5) is 0 Å². The lowest BCUT2D eigenvalue weighted by atomic mass is 9.71. The number of hydrogen-bond acceptors (Lipinski definition) is 8. The maximum Gasteiger partial charge on any atom is 0.238 e. The van der Waals surface area contributed by atoms with E-state index in [1.807, 2.05) is 0 Å². The summed E-state index contributed by atoms with van der Waals surface area (Å²) in [5.74, 6) is -0.633. The monoisotopic (exact) mass is 481 g/mol. The summed E-state index contributed by atoms with van der Waals surface area (Å²) < 4.78 is 27.2. The van der Waals surface area contributed by atoms with Crippen LogP contribution in [0.15, 0.2) is 40.9 Å². The molecule has 31 heavy (non-hydrogen) atoms. The van der Waals surface area contributed by atoms with Crippen molar-refractivity contribution in [2.24, 2.45) is 10.8 Å². The van der Waals surface area contributed by atoms with Crippen LogP contribution in [0.3, 0.4) is 0 Å². The zero-order chi connectivity index (χ0) is 23.4. The van der Waals surface area contributed by atoms with Crippen molar-refractivity contribution >= 4 is 44.6 Å². The minimum absolute atomic E-state index is 0.180. The Labute approximate surface area is 191 Å². The number of carbonyl (C=O) groups excluding carboxylic acids is 2. The summed E-state index contributed by atoms with van der Waals surface area (Å²) in [5, 5.41) is 7.60. The Morgan fingerprint density at radius 3 is 2.26 bits per heavy atom. The van der Waals surface area contributed by atoms with Gasteiger partial charge in [0.2, 0.25) is 5.91 Å². The second-order valence-corrected chi connectivity index (χ2v) is 13.8. The molecule has 0 aliphatic carbocycles. The van der Waals surface area contributed by atoms with Gasteiger partial charge in [-0.1, -0.05) is 56.0 Å². The molecule has 2 atom stereocenters. The van der Waals surface area contributed by atoms with Gasteiger partial charge in [0.05, 0.1) is 11.1 Å². The fourth-order valence-corrected chi connectivity index (χ4v) is 9.55. The molecule has 0 radical (unpaired) electrons. The molecule has 1 unspecified atom stereocenters. The topological polar surface area (TPSA) is 97.3 Å². The van der Waals surface area contributed by atoms with E-state index in [1.165, 1.54) is 16.2 Å². The molecule has 3 heterocycles. The quantitative estimate of drug-likeness (QED) is 0.430. The summed E-state index contributed by atoms with van der Waals surface area (Å²) >= 11 is 2.36. The van der Waals surface area contributed by atoms with Crippen LogP contribution in [-0.2, 0) is 19.4 Å². The summed E-state index contributed by atoms with van der Waals surface area (Å²) in [6.45, 7) is 16.1. The number of allylic oxidation sites excluding steroid dienone is 3. The predicted octanol–water partition coefficient (Wildman–Crippen LogP) is 3.89. The van der Waals surface area contributed by atoms with Crippen molar-refractivity contribution in [3.05, 3.63) is 41.6 Å².